The summed E-state index contributed by atoms with van der Waals surface area (Å²) in [7, 11) is 0. The molecule has 1 N–H and O–H groups in total. The van der Waals surface area contributed by atoms with Crippen LogP contribution in [0.3, 0.4) is 0 Å². The summed E-state index contributed by atoms with van der Waals surface area (Å²) in [6.07, 6.45) is 3.44. The van der Waals surface area contributed by atoms with Gasteiger partial charge in [-0.25, -0.2) is 5.43 Å². The van der Waals surface area contributed by atoms with Crippen LogP contribution >= 0.6 is 0 Å². The molecule has 0 bridgehead atoms. The Balaban J connectivity index is 1.50. The molecule has 0 atom stereocenters. The Kier molecular flexibility index (Phi) is 4.66. The normalized spacial score (nSPS) is 11.2. The highest BCUT2D eigenvalue weighted by atomic mass is 16.6. The molecule has 8 nitrogen and oxygen atoms in total. The summed E-state index contributed by atoms with van der Waals surface area (Å²) in [5.74, 6) is -0.527. The lowest BCUT2D eigenvalue weighted by molar-refractivity contribution is -0.384. The Bertz CT molecular complexity index is 1250. The number of hydrogen-bond acceptors (Lipinski definition) is 5. The number of hydrazone groups is 1. The van der Waals surface area contributed by atoms with Crippen molar-refractivity contribution in [3.05, 3.63) is 94.0 Å². The fourth-order valence-electron chi connectivity index (χ4n) is 2.98. The summed E-state index contributed by atoms with van der Waals surface area (Å²) in [5, 5.41) is 15.3. The van der Waals surface area contributed by atoms with E-state index in [1.54, 1.807) is 0 Å². The Morgan fingerprint density at radius 3 is 2.83 bits per heavy atom. The van der Waals surface area contributed by atoms with E-state index in [0.717, 1.165) is 16.9 Å². The summed E-state index contributed by atoms with van der Waals surface area (Å²) in [6, 6.07) is 17.4. The quantitative estimate of drug-likeness (QED) is 0.314. The number of benzene rings is 2. The monoisotopic (exact) mass is 388 g/mol. The molecule has 0 radical (unpaired) electrons. The van der Waals surface area contributed by atoms with E-state index in [1.807, 2.05) is 54.1 Å². The Labute approximate surface area is 165 Å². The maximum atomic E-state index is 12.3. The zero-order chi connectivity index (χ0) is 20.4. The minimum atomic E-state index is -0.547. The summed E-state index contributed by atoms with van der Waals surface area (Å²) in [6.45, 7) is 2.02. The number of nitro groups is 1. The van der Waals surface area contributed by atoms with Crippen molar-refractivity contribution in [2.45, 2.75) is 6.92 Å². The topological polar surface area (TPSA) is 103 Å². The van der Waals surface area contributed by atoms with E-state index >= 15 is 0 Å². The van der Waals surface area contributed by atoms with E-state index < -0.39 is 10.8 Å². The average Bonchev–Trinajstić information content (AvgIpc) is 3.34. The van der Waals surface area contributed by atoms with Gasteiger partial charge >= 0.3 is 5.91 Å². The second-order valence-electron chi connectivity index (χ2n) is 6.43. The average molecular weight is 388 g/mol. The number of aryl methyl sites for hydroxylation is 1. The lowest BCUT2D eigenvalue weighted by Gasteiger charge is -2.06. The summed E-state index contributed by atoms with van der Waals surface area (Å²) < 4.78 is 7.39. The van der Waals surface area contributed by atoms with Crippen LogP contribution in [0.5, 0.6) is 0 Å². The number of non-ortho nitro benzene ring substituents is 1. The molecule has 144 valence electrons. The van der Waals surface area contributed by atoms with Crippen LogP contribution in [0.2, 0.25) is 0 Å². The van der Waals surface area contributed by atoms with Gasteiger partial charge in [0.25, 0.3) is 5.69 Å². The number of nitro benzene ring substituents is 1. The molecule has 2 aromatic carbocycles. The third-order valence-corrected chi connectivity index (χ3v) is 4.36. The van der Waals surface area contributed by atoms with Gasteiger partial charge in [-0.3, -0.25) is 14.9 Å². The predicted molar refractivity (Wildman–Crippen MR) is 108 cm³/mol. The van der Waals surface area contributed by atoms with Crippen molar-refractivity contribution in [2.75, 3.05) is 0 Å². The molecule has 2 heterocycles. The zero-order valence-electron chi connectivity index (χ0n) is 15.4. The third-order valence-electron chi connectivity index (χ3n) is 4.36. The number of amides is 1. The fraction of sp³-hybridized carbons (Fsp3) is 0.0476. The molecule has 0 unspecified atom stereocenters. The minimum absolute atomic E-state index is 0.0201. The van der Waals surface area contributed by atoms with Crippen LogP contribution in [0.4, 0.5) is 5.69 Å². The van der Waals surface area contributed by atoms with Crippen molar-refractivity contribution in [1.82, 2.24) is 9.99 Å². The molecule has 29 heavy (non-hydrogen) atoms. The number of hydrogen-bond donors (Lipinski definition) is 1. The lowest BCUT2D eigenvalue weighted by Crippen LogP contribution is -2.17. The number of nitrogens with one attached hydrogen (secondary N) is 1. The van der Waals surface area contributed by atoms with Crippen LogP contribution in [-0.4, -0.2) is 21.6 Å². The first kappa shape index (κ1) is 18.2. The number of fused-ring (bicyclic) bond motifs is 1. The van der Waals surface area contributed by atoms with Gasteiger partial charge in [-0.05, 0) is 48.9 Å². The van der Waals surface area contributed by atoms with Crippen LogP contribution < -0.4 is 5.43 Å². The van der Waals surface area contributed by atoms with Crippen molar-refractivity contribution >= 4 is 28.8 Å². The summed E-state index contributed by atoms with van der Waals surface area (Å²) in [4.78, 5) is 22.7. The number of carbonyl (C=O) groups excluding carboxylic acids is 1. The molecular weight excluding hydrogens is 372 g/mol. The Hall–Kier alpha value is -4.20. The van der Waals surface area contributed by atoms with Gasteiger partial charge in [0.05, 0.1) is 16.8 Å². The van der Waals surface area contributed by atoms with Gasteiger partial charge in [-0.15, -0.1) is 0 Å². The molecule has 8 heteroatoms. The number of furan rings is 1. The molecule has 0 saturated carbocycles. The number of aromatic nitrogens is 1. The van der Waals surface area contributed by atoms with Gasteiger partial charge in [0.15, 0.2) is 5.76 Å². The van der Waals surface area contributed by atoms with Crippen molar-refractivity contribution in [2.24, 2.45) is 5.10 Å². The van der Waals surface area contributed by atoms with Crippen molar-refractivity contribution in [1.29, 1.82) is 0 Å². The maximum Gasteiger partial charge on any atom is 0.307 e. The molecular formula is C21H16N4O4. The van der Waals surface area contributed by atoms with E-state index in [9.17, 15) is 14.9 Å². The van der Waals surface area contributed by atoms with Crippen LogP contribution in [0, 0.1) is 17.0 Å². The number of rotatable bonds is 5. The van der Waals surface area contributed by atoms with Crippen LogP contribution in [-0.2, 0) is 0 Å². The molecule has 1 amide bonds. The number of carbonyl (C=O) groups is 1. The Morgan fingerprint density at radius 1 is 1.17 bits per heavy atom. The first-order valence-electron chi connectivity index (χ1n) is 8.77. The SMILES string of the molecule is Cc1cccc(-n2cccc2/C=N\NC(=O)c2cc3cc([N+](=O)[O-])ccc3o2)c1. The molecule has 0 aliphatic heterocycles. The van der Waals surface area contributed by atoms with Crippen LogP contribution in [0.1, 0.15) is 21.8 Å². The highest BCUT2D eigenvalue weighted by Crippen LogP contribution is 2.24. The molecule has 4 aromatic rings. The lowest BCUT2D eigenvalue weighted by atomic mass is 10.2. The van der Waals surface area contributed by atoms with Crippen LogP contribution in [0.15, 0.2) is 76.4 Å². The summed E-state index contributed by atoms with van der Waals surface area (Å²) in [5.41, 5.74) is 5.65. The van der Waals surface area contributed by atoms with Gasteiger partial charge in [0.2, 0.25) is 0 Å². The van der Waals surface area contributed by atoms with Gasteiger partial charge in [0, 0.05) is 29.4 Å². The van der Waals surface area contributed by atoms with E-state index in [1.165, 1.54) is 30.5 Å². The highest BCUT2D eigenvalue weighted by Gasteiger charge is 2.14. The molecule has 0 spiro atoms. The van der Waals surface area contributed by atoms with E-state index in [2.05, 4.69) is 10.5 Å². The first-order valence-corrected chi connectivity index (χ1v) is 8.77. The summed E-state index contributed by atoms with van der Waals surface area (Å²) >= 11 is 0. The second-order valence-corrected chi connectivity index (χ2v) is 6.43. The van der Waals surface area contributed by atoms with Gasteiger partial charge in [-0.1, -0.05) is 12.1 Å². The van der Waals surface area contributed by atoms with Crippen molar-refractivity contribution < 1.29 is 14.1 Å². The maximum absolute atomic E-state index is 12.3. The first-order chi connectivity index (χ1) is 14.0. The van der Waals surface area contributed by atoms with Gasteiger partial charge in [0.1, 0.15) is 5.58 Å². The zero-order valence-corrected chi connectivity index (χ0v) is 15.4. The van der Waals surface area contributed by atoms with Gasteiger partial charge in [-0.2, -0.15) is 5.10 Å². The number of nitrogens with zero attached hydrogens (tertiary/aromatic N) is 3. The molecule has 2 aromatic heterocycles. The van der Waals surface area contributed by atoms with Crippen LogP contribution in [0.25, 0.3) is 16.7 Å². The molecule has 0 fully saturated rings. The third kappa shape index (κ3) is 3.77. The fourth-order valence-corrected chi connectivity index (χ4v) is 2.98. The Morgan fingerprint density at radius 2 is 2.03 bits per heavy atom. The van der Waals surface area contributed by atoms with Crippen molar-refractivity contribution in [3.8, 4) is 5.69 Å². The molecule has 0 saturated heterocycles. The molecule has 4 rings (SSSR count). The largest absolute Gasteiger partial charge is 0.451 e. The second kappa shape index (κ2) is 7.43. The molecule has 0 aliphatic carbocycles. The minimum Gasteiger partial charge on any atom is -0.451 e. The van der Waals surface area contributed by atoms with E-state index in [0.29, 0.717) is 11.0 Å². The van der Waals surface area contributed by atoms with Crippen molar-refractivity contribution in [3.63, 3.8) is 0 Å². The molecule has 0 aliphatic rings. The predicted octanol–water partition coefficient (Wildman–Crippen LogP) is 4.20. The smallest absolute Gasteiger partial charge is 0.307 e. The highest BCUT2D eigenvalue weighted by molar-refractivity contribution is 5.96. The van der Waals surface area contributed by atoms with E-state index in [4.69, 9.17) is 4.42 Å². The van der Waals surface area contributed by atoms with E-state index in [-0.39, 0.29) is 11.4 Å². The standard InChI is InChI=1S/C21H16N4O4/c1-14-4-2-5-16(10-14)24-9-3-6-18(24)13-22-23-21(26)20-12-15-11-17(25(27)28)7-8-19(15)29-20/h2-13H,1H3,(H,23,26)/b22-13-. The van der Waals surface area contributed by atoms with Gasteiger partial charge < -0.3 is 8.98 Å².